The summed E-state index contributed by atoms with van der Waals surface area (Å²) < 4.78 is 5.68. The molecule has 22 heavy (non-hydrogen) atoms. The van der Waals surface area contributed by atoms with Gasteiger partial charge >= 0.3 is 0 Å². The van der Waals surface area contributed by atoms with Crippen molar-refractivity contribution in [3.8, 4) is 5.75 Å². The number of rotatable bonds is 4. The summed E-state index contributed by atoms with van der Waals surface area (Å²) in [7, 11) is 1.90. The molecule has 1 aromatic carbocycles. The van der Waals surface area contributed by atoms with Gasteiger partial charge in [-0.05, 0) is 42.3 Å². The Kier molecular flexibility index (Phi) is 4.48. The molecule has 0 aliphatic carbocycles. The van der Waals surface area contributed by atoms with E-state index in [4.69, 9.17) is 4.74 Å². The van der Waals surface area contributed by atoms with Crippen LogP contribution in [0.1, 0.15) is 42.2 Å². The van der Waals surface area contributed by atoms with Crippen LogP contribution in [0.4, 0.5) is 0 Å². The van der Waals surface area contributed by atoms with E-state index < -0.39 is 0 Å². The van der Waals surface area contributed by atoms with E-state index in [-0.39, 0.29) is 17.9 Å². The van der Waals surface area contributed by atoms with E-state index in [2.05, 4.69) is 24.4 Å². The van der Waals surface area contributed by atoms with Gasteiger partial charge in [-0.15, -0.1) is 11.3 Å². The number of para-hydroxylation sites is 1. The molecule has 116 valence electrons. The first-order chi connectivity index (χ1) is 10.7. The van der Waals surface area contributed by atoms with Crippen molar-refractivity contribution >= 4 is 17.2 Å². The minimum Gasteiger partial charge on any atom is -0.493 e. The van der Waals surface area contributed by atoms with Crippen molar-refractivity contribution in [2.45, 2.75) is 31.7 Å². The Balaban J connectivity index is 1.70. The van der Waals surface area contributed by atoms with Gasteiger partial charge < -0.3 is 9.64 Å². The summed E-state index contributed by atoms with van der Waals surface area (Å²) in [6.45, 7) is 2.78. The normalized spacial score (nSPS) is 18.2. The second kappa shape index (κ2) is 6.53. The molecular formula is C18H21NO2S. The Labute approximate surface area is 135 Å². The maximum Gasteiger partial charge on any atom is 0.223 e. The van der Waals surface area contributed by atoms with E-state index in [1.54, 1.807) is 11.3 Å². The lowest BCUT2D eigenvalue weighted by molar-refractivity contribution is -0.132. The topological polar surface area (TPSA) is 29.5 Å². The van der Waals surface area contributed by atoms with Crippen molar-refractivity contribution in [2.75, 3.05) is 13.7 Å². The van der Waals surface area contributed by atoms with Gasteiger partial charge in [-0.1, -0.05) is 24.3 Å². The van der Waals surface area contributed by atoms with Gasteiger partial charge in [-0.2, -0.15) is 0 Å². The van der Waals surface area contributed by atoms with Crippen molar-refractivity contribution in [1.82, 2.24) is 4.90 Å². The van der Waals surface area contributed by atoms with Crippen LogP contribution in [-0.2, 0) is 4.79 Å². The molecule has 0 saturated heterocycles. The fourth-order valence-electron chi connectivity index (χ4n) is 2.92. The molecule has 0 spiro atoms. The fraction of sp³-hybridized carbons (Fsp3) is 0.389. The Hall–Kier alpha value is -1.81. The molecule has 3 nitrogen and oxygen atoms in total. The Morgan fingerprint density at radius 3 is 2.95 bits per heavy atom. The van der Waals surface area contributed by atoms with E-state index in [9.17, 15) is 4.79 Å². The highest BCUT2D eigenvalue weighted by molar-refractivity contribution is 7.10. The van der Waals surface area contributed by atoms with Gasteiger partial charge in [0.05, 0.1) is 12.6 Å². The van der Waals surface area contributed by atoms with Crippen LogP contribution in [0, 0.1) is 0 Å². The number of ether oxygens (including phenoxy) is 1. The molecule has 2 atom stereocenters. The fourth-order valence-corrected chi connectivity index (χ4v) is 3.74. The lowest BCUT2D eigenvalue weighted by Gasteiger charge is -2.29. The Morgan fingerprint density at radius 2 is 2.18 bits per heavy atom. The summed E-state index contributed by atoms with van der Waals surface area (Å²) in [5, 5.41) is 2.05. The second-order valence-electron chi connectivity index (χ2n) is 5.77. The van der Waals surface area contributed by atoms with Crippen LogP contribution in [0.3, 0.4) is 0 Å². The second-order valence-corrected chi connectivity index (χ2v) is 6.75. The summed E-state index contributed by atoms with van der Waals surface area (Å²) in [5.74, 6) is 1.39. The van der Waals surface area contributed by atoms with Crippen molar-refractivity contribution in [3.63, 3.8) is 0 Å². The zero-order valence-electron chi connectivity index (χ0n) is 13.0. The summed E-state index contributed by atoms with van der Waals surface area (Å²) in [5.41, 5.74) is 1.17. The van der Waals surface area contributed by atoms with Crippen LogP contribution in [-0.4, -0.2) is 24.5 Å². The average Bonchev–Trinajstić information content (AvgIpc) is 3.08. The number of amides is 1. The van der Waals surface area contributed by atoms with Crippen LogP contribution >= 0.6 is 11.3 Å². The van der Waals surface area contributed by atoms with Crippen molar-refractivity contribution in [2.24, 2.45) is 0 Å². The third-order valence-corrected chi connectivity index (χ3v) is 5.48. The number of hydrogen-bond acceptors (Lipinski definition) is 3. The molecule has 1 amide bonds. The molecule has 0 bridgehead atoms. The van der Waals surface area contributed by atoms with Gasteiger partial charge in [0, 0.05) is 18.3 Å². The maximum absolute atomic E-state index is 12.6. The van der Waals surface area contributed by atoms with Crippen LogP contribution in [0.2, 0.25) is 0 Å². The summed E-state index contributed by atoms with van der Waals surface area (Å²) in [6.07, 6.45) is 1.45. The molecule has 1 aliphatic heterocycles. The summed E-state index contributed by atoms with van der Waals surface area (Å²) >= 11 is 1.70. The van der Waals surface area contributed by atoms with Gasteiger partial charge in [0.25, 0.3) is 0 Å². The third-order valence-electron chi connectivity index (χ3n) is 4.43. The monoisotopic (exact) mass is 315 g/mol. The number of carbonyl (C=O) groups excluding carboxylic acids is 1. The summed E-state index contributed by atoms with van der Waals surface area (Å²) in [4.78, 5) is 15.7. The molecule has 3 rings (SSSR count). The minimum absolute atomic E-state index is 0.127. The lowest BCUT2D eigenvalue weighted by atomic mass is 9.90. The molecule has 0 radical (unpaired) electrons. The third kappa shape index (κ3) is 3.02. The van der Waals surface area contributed by atoms with Crippen molar-refractivity contribution in [3.05, 3.63) is 52.2 Å². The lowest BCUT2D eigenvalue weighted by Crippen LogP contribution is -2.31. The quantitative estimate of drug-likeness (QED) is 0.845. The SMILES string of the molecule is CC(c1cccs1)N(C)C(=O)CC1CCOc2ccccc21. The molecular weight excluding hydrogens is 294 g/mol. The van der Waals surface area contributed by atoms with Crippen LogP contribution in [0.25, 0.3) is 0 Å². The van der Waals surface area contributed by atoms with Crippen LogP contribution in [0.5, 0.6) is 5.75 Å². The highest BCUT2D eigenvalue weighted by Crippen LogP contribution is 2.36. The Bertz CT molecular complexity index is 638. The number of nitrogens with zero attached hydrogens (tertiary/aromatic N) is 1. The van der Waals surface area contributed by atoms with E-state index in [0.717, 1.165) is 12.2 Å². The number of carbonyl (C=O) groups is 1. The van der Waals surface area contributed by atoms with Gasteiger partial charge in [0.1, 0.15) is 5.75 Å². The molecule has 2 unspecified atom stereocenters. The van der Waals surface area contributed by atoms with Crippen molar-refractivity contribution in [1.29, 1.82) is 0 Å². The number of hydrogen-bond donors (Lipinski definition) is 0. The molecule has 0 N–H and O–H groups in total. The number of benzene rings is 1. The molecule has 1 aromatic heterocycles. The van der Waals surface area contributed by atoms with Gasteiger partial charge in [0.15, 0.2) is 0 Å². The molecule has 4 heteroatoms. The highest BCUT2D eigenvalue weighted by atomic mass is 32.1. The van der Waals surface area contributed by atoms with Crippen molar-refractivity contribution < 1.29 is 9.53 Å². The molecule has 0 fully saturated rings. The molecule has 0 saturated carbocycles. The molecule has 2 aromatic rings. The first-order valence-electron chi connectivity index (χ1n) is 7.67. The average molecular weight is 315 g/mol. The number of fused-ring (bicyclic) bond motifs is 1. The zero-order chi connectivity index (χ0) is 15.5. The first kappa shape index (κ1) is 15.1. The van der Waals surface area contributed by atoms with Gasteiger partial charge in [0.2, 0.25) is 5.91 Å². The molecule has 1 aliphatic rings. The highest BCUT2D eigenvalue weighted by Gasteiger charge is 2.26. The van der Waals surface area contributed by atoms with Gasteiger partial charge in [-0.25, -0.2) is 0 Å². The van der Waals surface area contributed by atoms with E-state index in [1.807, 2.05) is 36.2 Å². The number of thiophene rings is 1. The van der Waals surface area contributed by atoms with E-state index >= 15 is 0 Å². The minimum atomic E-state index is 0.127. The molecule has 2 heterocycles. The van der Waals surface area contributed by atoms with Crippen LogP contribution in [0.15, 0.2) is 41.8 Å². The Morgan fingerprint density at radius 1 is 1.36 bits per heavy atom. The smallest absolute Gasteiger partial charge is 0.223 e. The predicted octanol–water partition coefficient (Wildman–Crippen LogP) is 4.22. The van der Waals surface area contributed by atoms with Crippen LogP contribution < -0.4 is 4.74 Å². The standard InChI is InChI=1S/C18H21NO2S/c1-13(17-8-5-11-22-17)19(2)18(20)12-14-9-10-21-16-7-4-3-6-15(14)16/h3-8,11,13-14H,9-10,12H2,1-2H3. The van der Waals surface area contributed by atoms with E-state index in [0.29, 0.717) is 13.0 Å². The van der Waals surface area contributed by atoms with Gasteiger partial charge in [-0.3, -0.25) is 4.79 Å². The first-order valence-corrected chi connectivity index (χ1v) is 8.55. The zero-order valence-corrected chi connectivity index (χ0v) is 13.8. The maximum atomic E-state index is 12.6. The van der Waals surface area contributed by atoms with E-state index in [1.165, 1.54) is 10.4 Å². The summed E-state index contributed by atoms with van der Waals surface area (Å²) in [6, 6.07) is 12.3. The predicted molar refractivity (Wildman–Crippen MR) is 89.4 cm³/mol. The largest absolute Gasteiger partial charge is 0.493 e.